The molecule has 7 heteroatoms. The van der Waals surface area contributed by atoms with Crippen LogP contribution >= 0.6 is 0 Å². The molecule has 0 fully saturated rings. The summed E-state index contributed by atoms with van der Waals surface area (Å²) in [5, 5.41) is 11.1. The molecule has 2 aromatic rings. The molecule has 0 saturated carbocycles. The maximum Gasteiger partial charge on any atom is 0.262 e. The maximum atomic E-state index is 12.2. The Morgan fingerprint density at radius 2 is 1.91 bits per heavy atom. The minimum atomic E-state index is -3.74. The van der Waals surface area contributed by atoms with Crippen LogP contribution in [0.15, 0.2) is 53.7 Å². The Hall–Kier alpha value is -2.28. The number of hydrogen-bond acceptors (Lipinski definition) is 4. The lowest BCUT2D eigenvalue weighted by Crippen LogP contribution is -2.25. The number of nitrogens with zero attached hydrogens (tertiary/aromatic N) is 1. The van der Waals surface area contributed by atoms with E-state index in [2.05, 4.69) is 4.72 Å². The van der Waals surface area contributed by atoms with Crippen molar-refractivity contribution in [3.05, 3.63) is 54.0 Å². The molecule has 0 atom stereocenters. The van der Waals surface area contributed by atoms with Crippen molar-refractivity contribution in [2.75, 3.05) is 11.3 Å². The van der Waals surface area contributed by atoms with Gasteiger partial charge in [-0.25, -0.2) is 8.42 Å². The first-order valence-electron chi connectivity index (χ1n) is 6.81. The molecular weight excluding hydrogens is 304 g/mol. The molecule has 0 saturated heterocycles. The number of pyridine rings is 1. The Kier molecular flexibility index (Phi) is 4.87. The summed E-state index contributed by atoms with van der Waals surface area (Å²) >= 11 is 0. The van der Waals surface area contributed by atoms with Crippen LogP contribution < -0.4 is 14.2 Å². The smallest absolute Gasteiger partial charge is 0.262 e. The summed E-state index contributed by atoms with van der Waals surface area (Å²) in [5.74, 6) is 1.01. The first kappa shape index (κ1) is 16.1. The third-order valence-corrected chi connectivity index (χ3v) is 4.14. The van der Waals surface area contributed by atoms with Gasteiger partial charge < -0.3 is 9.94 Å². The fourth-order valence-electron chi connectivity index (χ4n) is 1.71. The quantitative estimate of drug-likeness (QED) is 0.652. The number of benzene rings is 1. The number of nitrogens with one attached hydrogen (secondary N) is 1. The lowest BCUT2D eigenvalue weighted by molar-refractivity contribution is -0.604. The van der Waals surface area contributed by atoms with Gasteiger partial charge in [0.1, 0.15) is 11.4 Å². The van der Waals surface area contributed by atoms with E-state index in [4.69, 9.17) is 4.74 Å². The third-order valence-electron chi connectivity index (χ3n) is 2.74. The van der Waals surface area contributed by atoms with E-state index in [-0.39, 0.29) is 10.6 Å². The molecule has 0 aliphatic rings. The molecule has 0 bridgehead atoms. The van der Waals surface area contributed by atoms with Gasteiger partial charge in [-0.1, -0.05) is 13.8 Å². The van der Waals surface area contributed by atoms with Gasteiger partial charge in [0.25, 0.3) is 10.0 Å². The highest BCUT2D eigenvalue weighted by molar-refractivity contribution is 7.92. The van der Waals surface area contributed by atoms with Gasteiger partial charge in [0.2, 0.25) is 6.20 Å². The zero-order valence-electron chi connectivity index (χ0n) is 12.4. The predicted molar refractivity (Wildman–Crippen MR) is 83.0 cm³/mol. The molecule has 0 spiro atoms. The summed E-state index contributed by atoms with van der Waals surface area (Å²) in [7, 11) is -3.74. The summed E-state index contributed by atoms with van der Waals surface area (Å²) < 4.78 is 32.8. The fraction of sp³-hybridized carbons (Fsp3) is 0.267. The monoisotopic (exact) mass is 322 g/mol. The highest BCUT2D eigenvalue weighted by Gasteiger charge is 2.15. The number of ether oxygens (including phenoxy) is 1. The molecule has 118 valence electrons. The second kappa shape index (κ2) is 6.65. The van der Waals surface area contributed by atoms with Crippen molar-refractivity contribution in [1.82, 2.24) is 0 Å². The summed E-state index contributed by atoms with van der Waals surface area (Å²) in [6.07, 6.45) is 2.43. The van der Waals surface area contributed by atoms with Gasteiger partial charge in [-0.2, -0.15) is 4.73 Å². The van der Waals surface area contributed by atoms with Crippen molar-refractivity contribution < 1.29 is 17.9 Å². The van der Waals surface area contributed by atoms with Crippen molar-refractivity contribution in [2.24, 2.45) is 5.92 Å². The van der Waals surface area contributed by atoms with Crippen LogP contribution in [-0.2, 0) is 10.0 Å². The second-order valence-corrected chi connectivity index (χ2v) is 6.92. The molecule has 22 heavy (non-hydrogen) atoms. The van der Waals surface area contributed by atoms with Gasteiger partial charge in [0.15, 0.2) is 6.20 Å². The number of aromatic nitrogens is 1. The lowest BCUT2D eigenvalue weighted by atomic mass is 10.2. The number of hydrogen-bond donors (Lipinski definition) is 1. The molecule has 0 aliphatic carbocycles. The number of sulfonamides is 1. The molecule has 1 heterocycles. The standard InChI is InChI=1S/C15H18N2O4S/c1-12(2)11-21-14-5-7-15(8-6-14)22(19,20)16-13-4-3-9-17(18)10-13/h3-10,12,16H,11H2,1-2H3. The fourth-order valence-corrected chi connectivity index (χ4v) is 2.75. The molecule has 1 N–H and O–H groups in total. The van der Waals surface area contributed by atoms with E-state index in [0.717, 1.165) is 6.20 Å². The van der Waals surface area contributed by atoms with Gasteiger partial charge in [-0.3, -0.25) is 4.72 Å². The maximum absolute atomic E-state index is 12.2. The minimum absolute atomic E-state index is 0.102. The van der Waals surface area contributed by atoms with Gasteiger partial charge in [-0.05, 0) is 36.2 Å². The predicted octanol–water partition coefficient (Wildman–Crippen LogP) is 2.16. The van der Waals surface area contributed by atoms with E-state index in [0.29, 0.717) is 23.0 Å². The molecule has 1 aromatic carbocycles. The summed E-state index contributed by atoms with van der Waals surface area (Å²) in [6.45, 7) is 4.63. The molecule has 1 aromatic heterocycles. The summed E-state index contributed by atoms with van der Waals surface area (Å²) in [4.78, 5) is 0.102. The van der Waals surface area contributed by atoms with Crippen molar-refractivity contribution in [3.8, 4) is 5.75 Å². The lowest BCUT2D eigenvalue weighted by Gasteiger charge is -2.10. The van der Waals surface area contributed by atoms with Crippen molar-refractivity contribution in [1.29, 1.82) is 0 Å². The van der Waals surface area contributed by atoms with Crippen LogP contribution in [0.1, 0.15) is 13.8 Å². The average Bonchev–Trinajstić information content (AvgIpc) is 2.45. The Labute approximate surface area is 130 Å². The highest BCUT2D eigenvalue weighted by atomic mass is 32.2. The van der Waals surface area contributed by atoms with Crippen LogP contribution in [0, 0.1) is 11.1 Å². The second-order valence-electron chi connectivity index (χ2n) is 5.23. The van der Waals surface area contributed by atoms with E-state index >= 15 is 0 Å². The average molecular weight is 322 g/mol. The Bertz CT molecular complexity index is 727. The normalized spacial score (nSPS) is 11.4. The molecule has 6 nitrogen and oxygen atoms in total. The van der Waals surface area contributed by atoms with Crippen LogP contribution in [0.2, 0.25) is 0 Å². The SMILES string of the molecule is CC(C)COc1ccc(S(=O)(=O)Nc2ccc[n+]([O-])c2)cc1. The molecular formula is C15H18N2O4S. The van der Waals surface area contributed by atoms with Crippen LogP contribution in [0.4, 0.5) is 5.69 Å². The van der Waals surface area contributed by atoms with E-state index in [1.54, 1.807) is 12.1 Å². The molecule has 0 amide bonds. The molecule has 0 unspecified atom stereocenters. The Morgan fingerprint density at radius 3 is 2.50 bits per heavy atom. The van der Waals surface area contributed by atoms with Crippen molar-refractivity contribution in [3.63, 3.8) is 0 Å². The molecule has 0 aliphatic heterocycles. The largest absolute Gasteiger partial charge is 0.619 e. The third kappa shape index (κ3) is 4.36. The van der Waals surface area contributed by atoms with E-state index in [1.807, 2.05) is 13.8 Å². The number of rotatable bonds is 6. The van der Waals surface area contributed by atoms with Gasteiger partial charge >= 0.3 is 0 Å². The van der Waals surface area contributed by atoms with Crippen LogP contribution in [0.3, 0.4) is 0 Å². The summed E-state index contributed by atoms with van der Waals surface area (Å²) in [5.41, 5.74) is 0.206. The van der Waals surface area contributed by atoms with Gasteiger partial charge in [-0.15, -0.1) is 0 Å². The first-order valence-corrected chi connectivity index (χ1v) is 8.29. The van der Waals surface area contributed by atoms with E-state index in [9.17, 15) is 13.6 Å². The van der Waals surface area contributed by atoms with Crippen molar-refractivity contribution >= 4 is 15.7 Å². The Morgan fingerprint density at radius 1 is 1.23 bits per heavy atom. The zero-order chi connectivity index (χ0) is 16.2. The first-order chi connectivity index (χ1) is 10.4. The zero-order valence-corrected chi connectivity index (χ0v) is 13.2. The van der Waals surface area contributed by atoms with E-state index < -0.39 is 10.0 Å². The topological polar surface area (TPSA) is 82.3 Å². The Balaban J connectivity index is 2.12. The van der Waals surface area contributed by atoms with Gasteiger partial charge in [0, 0.05) is 6.07 Å². The number of anilines is 1. The highest BCUT2D eigenvalue weighted by Crippen LogP contribution is 2.19. The van der Waals surface area contributed by atoms with Gasteiger partial charge in [0.05, 0.1) is 11.5 Å². The minimum Gasteiger partial charge on any atom is -0.619 e. The van der Waals surface area contributed by atoms with E-state index in [1.165, 1.54) is 30.5 Å². The summed E-state index contributed by atoms with van der Waals surface area (Å²) in [6, 6.07) is 9.11. The van der Waals surface area contributed by atoms with Crippen LogP contribution in [0.25, 0.3) is 0 Å². The molecule has 2 rings (SSSR count). The van der Waals surface area contributed by atoms with Crippen LogP contribution in [-0.4, -0.2) is 15.0 Å². The molecule has 0 radical (unpaired) electrons. The van der Waals surface area contributed by atoms with Crippen molar-refractivity contribution in [2.45, 2.75) is 18.7 Å². The van der Waals surface area contributed by atoms with Crippen LogP contribution in [0.5, 0.6) is 5.75 Å².